The Hall–Kier alpha value is -3.91. The van der Waals surface area contributed by atoms with Crippen LogP contribution >= 0.6 is 0 Å². The number of aromatic nitrogens is 1. The predicted molar refractivity (Wildman–Crippen MR) is 128 cm³/mol. The number of hydrogen-bond acceptors (Lipinski definition) is 7. The van der Waals surface area contributed by atoms with Crippen LogP contribution in [0.1, 0.15) is 24.0 Å². The lowest BCUT2D eigenvalue weighted by Crippen LogP contribution is -2.51. The van der Waals surface area contributed by atoms with Crippen LogP contribution in [-0.2, 0) is 10.6 Å². The summed E-state index contributed by atoms with van der Waals surface area (Å²) in [6, 6.07) is 15.6. The maximum atomic E-state index is 13.5. The molecule has 2 aliphatic rings. The van der Waals surface area contributed by atoms with Gasteiger partial charge in [-0.05, 0) is 72.5 Å². The number of fused-ring (bicyclic) bond motifs is 1. The van der Waals surface area contributed by atoms with Crippen molar-refractivity contribution in [2.24, 2.45) is 5.16 Å². The highest BCUT2D eigenvalue weighted by Gasteiger charge is 2.49. The maximum Gasteiger partial charge on any atom is 0.260 e. The SMILES string of the molecule is COc1cc(/C=C2\CCCN3C2=NOC3(CO)c2ccc(F)cc2)ccc1-c1ccc(N)nc1. The van der Waals surface area contributed by atoms with Crippen LogP contribution in [0.3, 0.4) is 0 Å². The Balaban J connectivity index is 1.46. The second-order valence-corrected chi connectivity index (χ2v) is 8.31. The van der Waals surface area contributed by atoms with Gasteiger partial charge in [0, 0.05) is 29.4 Å². The molecule has 5 rings (SSSR count). The van der Waals surface area contributed by atoms with Crippen LogP contribution in [0.4, 0.5) is 10.2 Å². The molecule has 3 N–H and O–H groups in total. The molecule has 34 heavy (non-hydrogen) atoms. The van der Waals surface area contributed by atoms with Crippen molar-refractivity contribution in [1.82, 2.24) is 9.88 Å². The number of oxime groups is 1. The molecule has 2 aliphatic heterocycles. The zero-order valence-electron chi connectivity index (χ0n) is 18.7. The van der Waals surface area contributed by atoms with Gasteiger partial charge in [0.25, 0.3) is 5.72 Å². The molecule has 3 aromatic rings. The lowest BCUT2D eigenvalue weighted by Gasteiger charge is -2.38. The van der Waals surface area contributed by atoms with Crippen LogP contribution in [-0.4, -0.2) is 41.1 Å². The molecule has 0 bridgehead atoms. The van der Waals surface area contributed by atoms with Gasteiger partial charge >= 0.3 is 0 Å². The van der Waals surface area contributed by atoms with E-state index in [9.17, 15) is 9.50 Å². The molecule has 0 saturated carbocycles. The largest absolute Gasteiger partial charge is 0.496 e. The molecule has 1 fully saturated rings. The number of ether oxygens (including phenoxy) is 1. The summed E-state index contributed by atoms with van der Waals surface area (Å²) in [5.41, 5.74) is 8.97. The van der Waals surface area contributed by atoms with Crippen molar-refractivity contribution in [2.75, 3.05) is 26.0 Å². The molecule has 1 aromatic heterocycles. The highest BCUT2D eigenvalue weighted by Crippen LogP contribution is 2.40. The van der Waals surface area contributed by atoms with Gasteiger partial charge in [0.1, 0.15) is 24.0 Å². The Morgan fingerprint density at radius 2 is 2.03 bits per heavy atom. The standard InChI is InChI=1S/C26H25FN4O3/c1-33-23-14-17(4-10-22(23)19-5-11-24(28)29-15-19)13-18-3-2-12-31-25(18)30-34-26(31,16-32)20-6-8-21(27)9-7-20/h4-11,13-15,32H,2-3,12,16H2,1H3,(H2,28,29)/b18-13+. The fourth-order valence-corrected chi connectivity index (χ4v) is 4.51. The molecule has 0 radical (unpaired) electrons. The Bertz CT molecular complexity index is 1260. The lowest BCUT2D eigenvalue weighted by molar-refractivity contribution is -0.137. The van der Waals surface area contributed by atoms with E-state index in [2.05, 4.69) is 16.2 Å². The van der Waals surface area contributed by atoms with Gasteiger partial charge < -0.3 is 25.3 Å². The van der Waals surface area contributed by atoms with E-state index < -0.39 is 5.72 Å². The van der Waals surface area contributed by atoms with Gasteiger partial charge in [0.2, 0.25) is 0 Å². The van der Waals surface area contributed by atoms with Crippen molar-refractivity contribution in [1.29, 1.82) is 0 Å². The monoisotopic (exact) mass is 460 g/mol. The van der Waals surface area contributed by atoms with E-state index in [1.165, 1.54) is 12.1 Å². The number of methoxy groups -OCH3 is 1. The normalized spacial score (nSPS) is 20.6. The van der Waals surface area contributed by atoms with E-state index in [0.29, 0.717) is 29.5 Å². The molecule has 7 nitrogen and oxygen atoms in total. The first-order valence-corrected chi connectivity index (χ1v) is 11.1. The number of piperidine rings is 1. The van der Waals surface area contributed by atoms with Crippen molar-refractivity contribution in [3.63, 3.8) is 0 Å². The highest BCUT2D eigenvalue weighted by atomic mass is 19.1. The van der Waals surface area contributed by atoms with Gasteiger partial charge in [0.15, 0.2) is 5.84 Å². The number of anilines is 1. The quantitative estimate of drug-likeness (QED) is 0.594. The molecular weight excluding hydrogens is 435 g/mol. The molecule has 174 valence electrons. The molecule has 0 amide bonds. The van der Waals surface area contributed by atoms with E-state index in [0.717, 1.165) is 35.1 Å². The van der Waals surface area contributed by atoms with Crippen LogP contribution in [0.25, 0.3) is 17.2 Å². The third-order valence-corrected chi connectivity index (χ3v) is 6.26. The molecule has 1 unspecified atom stereocenters. The number of aliphatic hydroxyl groups excluding tert-OH is 1. The van der Waals surface area contributed by atoms with Gasteiger partial charge in [-0.2, -0.15) is 0 Å². The fraction of sp³-hybridized carbons (Fsp3) is 0.231. The Kier molecular flexibility index (Phi) is 5.67. The Morgan fingerprint density at radius 3 is 2.74 bits per heavy atom. The average molecular weight is 461 g/mol. The molecule has 8 heteroatoms. The van der Waals surface area contributed by atoms with Crippen molar-refractivity contribution in [3.05, 3.63) is 83.3 Å². The average Bonchev–Trinajstić information content (AvgIpc) is 3.26. The molecule has 0 spiro atoms. The molecule has 2 aromatic carbocycles. The first-order chi connectivity index (χ1) is 16.5. The summed E-state index contributed by atoms with van der Waals surface area (Å²) in [7, 11) is 1.63. The van der Waals surface area contributed by atoms with Gasteiger partial charge in [-0.1, -0.05) is 17.3 Å². The maximum absolute atomic E-state index is 13.5. The summed E-state index contributed by atoms with van der Waals surface area (Å²) in [6.07, 6.45) is 5.46. The van der Waals surface area contributed by atoms with E-state index in [-0.39, 0.29) is 12.4 Å². The van der Waals surface area contributed by atoms with Crippen molar-refractivity contribution < 1.29 is 19.1 Å². The number of pyridine rings is 1. The van der Waals surface area contributed by atoms with Crippen molar-refractivity contribution in [3.8, 4) is 16.9 Å². The zero-order chi connectivity index (χ0) is 23.7. The fourth-order valence-electron chi connectivity index (χ4n) is 4.51. The Labute approximate surface area is 196 Å². The van der Waals surface area contributed by atoms with E-state index >= 15 is 0 Å². The van der Waals surface area contributed by atoms with Crippen LogP contribution in [0.5, 0.6) is 5.75 Å². The number of halogens is 1. The van der Waals surface area contributed by atoms with Crippen LogP contribution in [0.2, 0.25) is 0 Å². The van der Waals surface area contributed by atoms with Gasteiger partial charge in [-0.25, -0.2) is 9.37 Å². The number of benzene rings is 2. The third kappa shape index (κ3) is 3.76. The highest BCUT2D eigenvalue weighted by molar-refractivity contribution is 6.03. The summed E-state index contributed by atoms with van der Waals surface area (Å²) in [5.74, 6) is 1.51. The summed E-state index contributed by atoms with van der Waals surface area (Å²) in [6.45, 7) is 0.359. The van der Waals surface area contributed by atoms with E-state index in [4.69, 9.17) is 15.3 Å². The first-order valence-electron chi connectivity index (χ1n) is 11.1. The Morgan fingerprint density at radius 1 is 1.21 bits per heavy atom. The smallest absolute Gasteiger partial charge is 0.260 e. The number of nitrogens with two attached hydrogens (primary N) is 1. The predicted octanol–water partition coefficient (Wildman–Crippen LogP) is 4.15. The summed E-state index contributed by atoms with van der Waals surface area (Å²) in [4.78, 5) is 11.9. The first kappa shape index (κ1) is 21.9. The molecule has 3 heterocycles. The van der Waals surface area contributed by atoms with Gasteiger partial charge in [-0.3, -0.25) is 0 Å². The lowest BCUT2D eigenvalue weighted by atomic mass is 9.94. The van der Waals surface area contributed by atoms with Crippen molar-refractivity contribution in [2.45, 2.75) is 18.6 Å². The van der Waals surface area contributed by atoms with E-state index in [1.54, 1.807) is 31.5 Å². The summed E-state index contributed by atoms with van der Waals surface area (Å²) >= 11 is 0. The van der Waals surface area contributed by atoms with Gasteiger partial charge in [-0.15, -0.1) is 0 Å². The number of hydrogen-bond donors (Lipinski definition) is 2. The van der Waals surface area contributed by atoms with Crippen LogP contribution in [0.15, 0.2) is 71.5 Å². The summed E-state index contributed by atoms with van der Waals surface area (Å²) < 4.78 is 19.1. The number of aliphatic hydroxyl groups is 1. The third-order valence-electron chi connectivity index (χ3n) is 6.26. The zero-order valence-corrected chi connectivity index (χ0v) is 18.7. The second kappa shape index (κ2) is 8.79. The minimum absolute atomic E-state index is 0.308. The summed E-state index contributed by atoms with van der Waals surface area (Å²) in [5, 5.41) is 14.6. The van der Waals surface area contributed by atoms with Crippen LogP contribution < -0.4 is 10.5 Å². The molecular formula is C26H25FN4O3. The second-order valence-electron chi connectivity index (χ2n) is 8.31. The minimum atomic E-state index is -1.16. The van der Waals surface area contributed by atoms with Crippen LogP contribution in [0, 0.1) is 5.82 Å². The van der Waals surface area contributed by atoms with Gasteiger partial charge in [0.05, 0.1) is 7.11 Å². The topological polar surface area (TPSA) is 93.2 Å². The molecule has 1 saturated heterocycles. The van der Waals surface area contributed by atoms with E-state index in [1.807, 2.05) is 29.2 Å². The molecule has 0 aliphatic carbocycles. The number of rotatable bonds is 5. The number of nitrogens with zero attached hydrogens (tertiary/aromatic N) is 3. The minimum Gasteiger partial charge on any atom is -0.496 e. The molecule has 1 atom stereocenters. The van der Waals surface area contributed by atoms with Crippen molar-refractivity contribution >= 4 is 17.7 Å². The number of amidine groups is 1. The number of nitrogen functional groups attached to an aromatic ring is 1.